The summed E-state index contributed by atoms with van der Waals surface area (Å²) in [5.41, 5.74) is 6.00. The van der Waals surface area contributed by atoms with Crippen molar-refractivity contribution in [2.24, 2.45) is 5.73 Å². The van der Waals surface area contributed by atoms with Crippen LogP contribution in [0.3, 0.4) is 0 Å². The molecule has 0 amide bonds. The number of hydrogen-bond donors (Lipinski definition) is 1. The first-order chi connectivity index (χ1) is 5.45. The standard InChI is InChI=1S/C9H23N3/c1-8(12(4)5)9(10)6-7-11(2)3/h8-9H,6-7,10H2,1-5H3. The van der Waals surface area contributed by atoms with Crippen molar-refractivity contribution in [1.29, 1.82) is 0 Å². The average molecular weight is 173 g/mol. The van der Waals surface area contributed by atoms with Crippen LogP contribution in [-0.4, -0.2) is 56.6 Å². The zero-order valence-electron chi connectivity index (χ0n) is 9.04. The number of nitrogens with two attached hydrogens (primary N) is 1. The predicted molar refractivity (Wildman–Crippen MR) is 54.3 cm³/mol. The minimum atomic E-state index is 0.280. The van der Waals surface area contributed by atoms with Crippen LogP contribution in [0.5, 0.6) is 0 Å². The lowest BCUT2D eigenvalue weighted by atomic mass is 10.1. The Hall–Kier alpha value is -0.120. The first kappa shape index (κ1) is 11.9. The molecular weight excluding hydrogens is 150 g/mol. The highest BCUT2D eigenvalue weighted by atomic mass is 15.1. The molecule has 3 nitrogen and oxygen atoms in total. The molecular formula is C9H23N3. The Balaban J connectivity index is 3.64. The van der Waals surface area contributed by atoms with Crippen molar-refractivity contribution in [3.8, 4) is 0 Å². The van der Waals surface area contributed by atoms with E-state index in [1.807, 2.05) is 0 Å². The Kier molecular flexibility index (Phi) is 5.46. The Morgan fingerprint density at radius 3 is 2.00 bits per heavy atom. The molecule has 0 spiro atoms. The maximum absolute atomic E-state index is 6.00. The van der Waals surface area contributed by atoms with Gasteiger partial charge in [0.1, 0.15) is 0 Å². The molecule has 0 aliphatic rings. The number of nitrogens with zero attached hydrogens (tertiary/aromatic N) is 2. The van der Waals surface area contributed by atoms with Gasteiger partial charge in [-0.15, -0.1) is 0 Å². The van der Waals surface area contributed by atoms with E-state index in [-0.39, 0.29) is 6.04 Å². The summed E-state index contributed by atoms with van der Waals surface area (Å²) in [5.74, 6) is 0. The summed E-state index contributed by atoms with van der Waals surface area (Å²) in [4.78, 5) is 4.34. The predicted octanol–water partition coefficient (Wildman–Crippen LogP) is 0.216. The van der Waals surface area contributed by atoms with Gasteiger partial charge in [-0.25, -0.2) is 0 Å². The third kappa shape index (κ3) is 4.70. The van der Waals surface area contributed by atoms with Gasteiger partial charge in [-0.05, 0) is 48.1 Å². The minimum absolute atomic E-state index is 0.280. The third-order valence-electron chi connectivity index (χ3n) is 2.34. The lowest BCUT2D eigenvalue weighted by Gasteiger charge is -2.27. The quantitative estimate of drug-likeness (QED) is 0.645. The summed E-state index contributed by atoms with van der Waals surface area (Å²) >= 11 is 0. The van der Waals surface area contributed by atoms with Crippen molar-refractivity contribution in [1.82, 2.24) is 9.80 Å². The Morgan fingerprint density at radius 1 is 1.17 bits per heavy atom. The summed E-state index contributed by atoms with van der Waals surface area (Å²) in [6.45, 7) is 3.24. The number of rotatable bonds is 5. The Morgan fingerprint density at radius 2 is 1.67 bits per heavy atom. The van der Waals surface area contributed by atoms with Crippen LogP contribution in [0, 0.1) is 0 Å². The molecule has 0 aliphatic heterocycles. The van der Waals surface area contributed by atoms with Gasteiger partial charge in [0.05, 0.1) is 0 Å². The molecule has 2 atom stereocenters. The largest absolute Gasteiger partial charge is 0.326 e. The van der Waals surface area contributed by atoms with Crippen molar-refractivity contribution in [3.63, 3.8) is 0 Å². The van der Waals surface area contributed by atoms with Gasteiger partial charge in [0.25, 0.3) is 0 Å². The van der Waals surface area contributed by atoms with Crippen LogP contribution < -0.4 is 5.73 Å². The van der Waals surface area contributed by atoms with E-state index >= 15 is 0 Å². The molecule has 2 N–H and O–H groups in total. The summed E-state index contributed by atoms with van der Waals surface area (Å²) in [5, 5.41) is 0. The fourth-order valence-corrected chi connectivity index (χ4v) is 1.03. The van der Waals surface area contributed by atoms with E-state index in [0.29, 0.717) is 6.04 Å². The Labute approximate surface area is 76.5 Å². The molecule has 2 unspecified atom stereocenters. The molecule has 0 aromatic carbocycles. The van der Waals surface area contributed by atoms with E-state index in [1.54, 1.807) is 0 Å². The molecule has 3 heteroatoms. The van der Waals surface area contributed by atoms with Gasteiger partial charge < -0.3 is 15.5 Å². The van der Waals surface area contributed by atoms with E-state index in [1.165, 1.54) is 0 Å². The van der Waals surface area contributed by atoms with Crippen molar-refractivity contribution >= 4 is 0 Å². The van der Waals surface area contributed by atoms with Gasteiger partial charge in [0.15, 0.2) is 0 Å². The highest BCUT2D eigenvalue weighted by Crippen LogP contribution is 2.01. The number of hydrogen-bond acceptors (Lipinski definition) is 3. The van der Waals surface area contributed by atoms with Crippen molar-refractivity contribution in [2.45, 2.75) is 25.4 Å². The van der Waals surface area contributed by atoms with Crippen LogP contribution in [0.2, 0.25) is 0 Å². The molecule has 0 aliphatic carbocycles. The molecule has 12 heavy (non-hydrogen) atoms. The topological polar surface area (TPSA) is 32.5 Å². The molecule has 0 aromatic heterocycles. The molecule has 0 heterocycles. The van der Waals surface area contributed by atoms with Gasteiger partial charge in [-0.3, -0.25) is 0 Å². The van der Waals surface area contributed by atoms with Gasteiger partial charge >= 0.3 is 0 Å². The lowest BCUT2D eigenvalue weighted by molar-refractivity contribution is 0.251. The molecule has 0 fully saturated rings. The molecule has 0 radical (unpaired) electrons. The second-order valence-electron chi connectivity index (χ2n) is 3.96. The van der Waals surface area contributed by atoms with Crippen LogP contribution in [0.1, 0.15) is 13.3 Å². The summed E-state index contributed by atoms with van der Waals surface area (Å²) in [7, 11) is 8.29. The number of likely N-dealkylation sites (N-methyl/N-ethyl adjacent to an activating group) is 1. The SMILES string of the molecule is CC(C(N)CCN(C)C)N(C)C. The van der Waals surface area contributed by atoms with Crippen molar-refractivity contribution in [2.75, 3.05) is 34.7 Å². The first-order valence-corrected chi connectivity index (χ1v) is 4.52. The van der Waals surface area contributed by atoms with Gasteiger partial charge in [-0.2, -0.15) is 0 Å². The van der Waals surface area contributed by atoms with Crippen LogP contribution in [-0.2, 0) is 0 Å². The van der Waals surface area contributed by atoms with Crippen LogP contribution >= 0.6 is 0 Å². The fourth-order valence-electron chi connectivity index (χ4n) is 1.03. The van der Waals surface area contributed by atoms with Crippen LogP contribution in [0.15, 0.2) is 0 Å². The smallest absolute Gasteiger partial charge is 0.0213 e. The third-order valence-corrected chi connectivity index (χ3v) is 2.34. The second kappa shape index (κ2) is 5.51. The maximum Gasteiger partial charge on any atom is 0.0213 e. The summed E-state index contributed by atoms with van der Waals surface area (Å²) < 4.78 is 0. The second-order valence-corrected chi connectivity index (χ2v) is 3.96. The fraction of sp³-hybridized carbons (Fsp3) is 1.00. The van der Waals surface area contributed by atoms with E-state index < -0.39 is 0 Å². The molecule has 74 valence electrons. The van der Waals surface area contributed by atoms with E-state index in [0.717, 1.165) is 13.0 Å². The maximum atomic E-state index is 6.00. The lowest BCUT2D eigenvalue weighted by Crippen LogP contribution is -2.43. The van der Waals surface area contributed by atoms with Gasteiger partial charge in [0, 0.05) is 12.1 Å². The normalized spacial score (nSPS) is 17.0. The molecule has 0 saturated carbocycles. The highest BCUT2D eigenvalue weighted by Gasteiger charge is 2.13. The summed E-state index contributed by atoms with van der Waals surface area (Å²) in [6.07, 6.45) is 1.06. The van der Waals surface area contributed by atoms with E-state index in [9.17, 15) is 0 Å². The molecule has 0 rings (SSSR count). The molecule has 0 aromatic rings. The van der Waals surface area contributed by atoms with Crippen LogP contribution in [0.25, 0.3) is 0 Å². The van der Waals surface area contributed by atoms with Crippen LogP contribution in [0.4, 0.5) is 0 Å². The van der Waals surface area contributed by atoms with E-state index in [2.05, 4.69) is 44.9 Å². The van der Waals surface area contributed by atoms with E-state index in [4.69, 9.17) is 5.73 Å². The van der Waals surface area contributed by atoms with Gasteiger partial charge in [0.2, 0.25) is 0 Å². The molecule has 0 bridgehead atoms. The van der Waals surface area contributed by atoms with Crippen molar-refractivity contribution in [3.05, 3.63) is 0 Å². The molecule has 0 saturated heterocycles. The summed E-state index contributed by atoms with van der Waals surface area (Å²) in [6, 6.07) is 0.743. The monoisotopic (exact) mass is 173 g/mol. The first-order valence-electron chi connectivity index (χ1n) is 4.52. The average Bonchev–Trinajstić information content (AvgIpc) is 1.98. The minimum Gasteiger partial charge on any atom is -0.326 e. The van der Waals surface area contributed by atoms with Crippen molar-refractivity contribution < 1.29 is 0 Å². The zero-order chi connectivity index (χ0) is 9.72. The Bertz CT molecular complexity index is 112. The van der Waals surface area contributed by atoms with Gasteiger partial charge in [-0.1, -0.05) is 0 Å². The zero-order valence-corrected chi connectivity index (χ0v) is 9.04. The highest BCUT2D eigenvalue weighted by molar-refractivity contribution is 4.75.